The van der Waals surface area contributed by atoms with E-state index >= 15 is 0 Å². The summed E-state index contributed by atoms with van der Waals surface area (Å²) in [6, 6.07) is 11.0. The molecule has 1 amide bonds. The van der Waals surface area contributed by atoms with Crippen LogP contribution in [0.3, 0.4) is 0 Å². The van der Waals surface area contributed by atoms with Crippen molar-refractivity contribution >= 4 is 11.6 Å². The molecule has 156 valence electrons. The van der Waals surface area contributed by atoms with Gasteiger partial charge in [0.15, 0.2) is 11.4 Å². The molecule has 0 spiro atoms. The largest absolute Gasteiger partial charge is 0.573 e. The van der Waals surface area contributed by atoms with Gasteiger partial charge in [0.05, 0.1) is 11.4 Å². The third-order valence-electron chi connectivity index (χ3n) is 4.83. The van der Waals surface area contributed by atoms with Crippen molar-refractivity contribution in [1.29, 1.82) is 0 Å². The first-order valence-corrected chi connectivity index (χ1v) is 9.34. The fourth-order valence-electron chi connectivity index (χ4n) is 3.54. The lowest BCUT2D eigenvalue weighted by Gasteiger charge is -2.15. The van der Waals surface area contributed by atoms with Crippen molar-refractivity contribution in [3.63, 3.8) is 0 Å². The number of para-hydroxylation sites is 2. The minimum atomic E-state index is -4.88. The van der Waals surface area contributed by atoms with E-state index in [1.165, 1.54) is 30.3 Å². The quantitative estimate of drug-likeness (QED) is 0.603. The molecule has 1 aliphatic carbocycles. The zero-order chi connectivity index (χ0) is 21.3. The smallest absolute Gasteiger partial charge is 0.404 e. The first kappa shape index (κ1) is 19.9. The van der Waals surface area contributed by atoms with Gasteiger partial charge in [0.2, 0.25) is 0 Å². The Labute approximate surface area is 169 Å². The SMILES string of the molecule is O=C(Nc1ccccc1OC(F)(F)F)c1nn(-c2ccc(F)cc2)c2c1CCCC2. The van der Waals surface area contributed by atoms with Gasteiger partial charge in [0.25, 0.3) is 5.91 Å². The fraction of sp³-hybridized carbons (Fsp3) is 0.238. The molecule has 0 bridgehead atoms. The third kappa shape index (κ3) is 4.14. The van der Waals surface area contributed by atoms with E-state index in [2.05, 4.69) is 15.2 Å². The number of nitrogens with one attached hydrogen (secondary N) is 1. The summed E-state index contributed by atoms with van der Waals surface area (Å²) in [7, 11) is 0. The van der Waals surface area contributed by atoms with Crippen molar-refractivity contribution in [2.75, 3.05) is 5.32 Å². The topological polar surface area (TPSA) is 56.1 Å². The van der Waals surface area contributed by atoms with Crippen LogP contribution in [0.1, 0.15) is 34.6 Å². The summed E-state index contributed by atoms with van der Waals surface area (Å²) in [5, 5.41) is 6.88. The molecule has 0 atom stereocenters. The lowest BCUT2D eigenvalue weighted by Crippen LogP contribution is -2.20. The number of nitrogens with zero attached hydrogens (tertiary/aromatic N) is 2. The molecule has 1 aliphatic rings. The average molecular weight is 419 g/mol. The Morgan fingerprint density at radius 1 is 1.03 bits per heavy atom. The number of rotatable bonds is 4. The average Bonchev–Trinajstić information content (AvgIpc) is 3.09. The van der Waals surface area contributed by atoms with Gasteiger partial charge in [0.1, 0.15) is 5.82 Å². The summed E-state index contributed by atoms with van der Waals surface area (Å²) in [4.78, 5) is 12.9. The van der Waals surface area contributed by atoms with Crippen molar-refractivity contribution in [3.05, 3.63) is 71.3 Å². The van der Waals surface area contributed by atoms with E-state index in [0.717, 1.165) is 30.2 Å². The minimum Gasteiger partial charge on any atom is -0.404 e. The molecule has 0 unspecified atom stereocenters. The van der Waals surface area contributed by atoms with Crippen molar-refractivity contribution in [3.8, 4) is 11.4 Å². The Bertz CT molecular complexity index is 1070. The van der Waals surface area contributed by atoms with Crippen LogP contribution in [-0.4, -0.2) is 22.1 Å². The highest BCUT2D eigenvalue weighted by Gasteiger charge is 2.33. The molecule has 2 aromatic carbocycles. The van der Waals surface area contributed by atoms with Gasteiger partial charge in [-0.3, -0.25) is 4.79 Å². The van der Waals surface area contributed by atoms with Crippen LogP contribution in [0.15, 0.2) is 48.5 Å². The number of carbonyl (C=O) groups excluding carboxylic acids is 1. The highest BCUT2D eigenvalue weighted by atomic mass is 19.4. The molecule has 0 radical (unpaired) electrons. The van der Waals surface area contributed by atoms with Crippen LogP contribution in [0.5, 0.6) is 5.75 Å². The lowest BCUT2D eigenvalue weighted by molar-refractivity contribution is -0.274. The molecule has 1 N–H and O–H groups in total. The van der Waals surface area contributed by atoms with Gasteiger partial charge in [0, 0.05) is 11.3 Å². The van der Waals surface area contributed by atoms with Gasteiger partial charge in [-0.25, -0.2) is 9.07 Å². The molecular weight excluding hydrogens is 402 g/mol. The van der Waals surface area contributed by atoms with E-state index in [-0.39, 0.29) is 17.2 Å². The number of carbonyl (C=O) groups is 1. The summed E-state index contributed by atoms with van der Waals surface area (Å²) >= 11 is 0. The molecule has 1 heterocycles. The van der Waals surface area contributed by atoms with Crippen LogP contribution in [0.4, 0.5) is 23.2 Å². The van der Waals surface area contributed by atoms with Gasteiger partial charge in [-0.05, 0) is 62.1 Å². The van der Waals surface area contributed by atoms with Crippen molar-refractivity contribution in [2.45, 2.75) is 32.0 Å². The van der Waals surface area contributed by atoms with Gasteiger partial charge < -0.3 is 10.1 Å². The van der Waals surface area contributed by atoms with Crippen molar-refractivity contribution in [1.82, 2.24) is 9.78 Å². The monoisotopic (exact) mass is 419 g/mol. The minimum absolute atomic E-state index is 0.110. The number of anilines is 1. The van der Waals surface area contributed by atoms with Crippen molar-refractivity contribution < 1.29 is 27.1 Å². The molecule has 1 aromatic heterocycles. The number of hydrogen-bond donors (Lipinski definition) is 1. The Kier molecular flexibility index (Phi) is 5.19. The standard InChI is InChI=1S/C21H17F4N3O2/c22-13-9-11-14(12-10-13)28-17-7-3-1-5-15(17)19(27-28)20(29)26-16-6-2-4-8-18(16)30-21(23,24)25/h2,4,6,8-12H,1,3,5,7H2,(H,26,29). The molecule has 0 saturated carbocycles. The van der Waals surface area contributed by atoms with Gasteiger partial charge in [-0.15, -0.1) is 13.2 Å². The number of hydrogen-bond acceptors (Lipinski definition) is 3. The van der Waals surface area contributed by atoms with E-state index in [0.29, 0.717) is 18.5 Å². The van der Waals surface area contributed by atoms with E-state index < -0.39 is 18.0 Å². The second-order valence-electron chi connectivity index (χ2n) is 6.87. The molecule has 30 heavy (non-hydrogen) atoms. The van der Waals surface area contributed by atoms with E-state index in [9.17, 15) is 22.4 Å². The Morgan fingerprint density at radius 2 is 1.73 bits per heavy atom. The highest BCUT2D eigenvalue weighted by molar-refractivity contribution is 6.05. The molecule has 3 aromatic rings. The van der Waals surface area contributed by atoms with Crippen LogP contribution < -0.4 is 10.1 Å². The molecular formula is C21H17F4N3O2. The van der Waals surface area contributed by atoms with Crippen LogP contribution in [-0.2, 0) is 12.8 Å². The lowest BCUT2D eigenvalue weighted by atomic mass is 9.95. The first-order chi connectivity index (χ1) is 14.3. The molecule has 0 aliphatic heterocycles. The second kappa shape index (κ2) is 7.81. The third-order valence-corrected chi connectivity index (χ3v) is 4.83. The zero-order valence-corrected chi connectivity index (χ0v) is 15.7. The predicted molar refractivity (Wildman–Crippen MR) is 101 cm³/mol. The molecule has 0 fully saturated rings. The van der Waals surface area contributed by atoms with Crippen LogP contribution in [0.25, 0.3) is 5.69 Å². The maximum Gasteiger partial charge on any atom is 0.573 e. The van der Waals surface area contributed by atoms with E-state index in [4.69, 9.17) is 0 Å². The summed E-state index contributed by atoms with van der Waals surface area (Å²) in [6.45, 7) is 0. The van der Waals surface area contributed by atoms with Gasteiger partial charge >= 0.3 is 6.36 Å². The summed E-state index contributed by atoms with van der Waals surface area (Å²) in [5.41, 5.74) is 2.22. The number of alkyl halides is 3. The molecule has 4 rings (SSSR count). The van der Waals surface area contributed by atoms with Crippen LogP contribution in [0.2, 0.25) is 0 Å². The fourth-order valence-corrected chi connectivity index (χ4v) is 3.54. The van der Waals surface area contributed by atoms with Crippen LogP contribution >= 0.6 is 0 Å². The number of amides is 1. The predicted octanol–water partition coefficient (Wildman–Crippen LogP) is 5.04. The summed E-state index contributed by atoms with van der Waals surface area (Å²) < 4.78 is 56.8. The van der Waals surface area contributed by atoms with E-state index in [1.54, 1.807) is 16.8 Å². The number of aromatic nitrogens is 2. The number of halogens is 4. The zero-order valence-electron chi connectivity index (χ0n) is 15.7. The van der Waals surface area contributed by atoms with Gasteiger partial charge in [-0.2, -0.15) is 5.10 Å². The normalized spacial score (nSPS) is 13.6. The van der Waals surface area contributed by atoms with Crippen LogP contribution in [0, 0.1) is 5.82 Å². The Morgan fingerprint density at radius 3 is 2.47 bits per heavy atom. The number of benzene rings is 2. The van der Waals surface area contributed by atoms with Gasteiger partial charge in [-0.1, -0.05) is 12.1 Å². The Hall–Kier alpha value is -3.36. The van der Waals surface area contributed by atoms with Crippen molar-refractivity contribution in [2.24, 2.45) is 0 Å². The van der Waals surface area contributed by atoms with E-state index in [1.807, 2.05) is 0 Å². The number of ether oxygens (including phenoxy) is 1. The second-order valence-corrected chi connectivity index (χ2v) is 6.87. The summed E-state index contributed by atoms with van der Waals surface area (Å²) in [6.07, 6.45) is -1.77. The maximum absolute atomic E-state index is 13.3. The molecule has 0 saturated heterocycles. The molecule has 5 nitrogen and oxygen atoms in total. The summed E-state index contributed by atoms with van der Waals surface area (Å²) in [5.74, 6) is -1.53. The molecule has 9 heteroatoms. The first-order valence-electron chi connectivity index (χ1n) is 9.34. The Balaban J connectivity index is 1.68. The number of fused-ring (bicyclic) bond motifs is 1. The highest BCUT2D eigenvalue weighted by Crippen LogP contribution is 2.32. The maximum atomic E-state index is 13.3.